The number of thioether (sulfide) groups is 1. The molecule has 0 fully saturated rings. The third-order valence-electron chi connectivity index (χ3n) is 1.97. The van der Waals surface area contributed by atoms with Crippen LogP contribution in [0.4, 0.5) is 0 Å². The quantitative estimate of drug-likeness (QED) is 0.837. The van der Waals surface area contributed by atoms with Crippen molar-refractivity contribution in [2.24, 2.45) is 0 Å². The molecule has 13 heavy (non-hydrogen) atoms. The third-order valence-corrected chi connectivity index (χ3v) is 4.06. The van der Waals surface area contributed by atoms with Gasteiger partial charge in [-0.15, -0.1) is 11.3 Å². The number of hydrogen-bond donors (Lipinski definition) is 1. The molecule has 1 aromatic rings. The number of hydrogen-bond acceptors (Lipinski definition) is 4. The van der Waals surface area contributed by atoms with E-state index in [-0.39, 0.29) is 0 Å². The molecule has 1 N–H and O–H groups in total. The van der Waals surface area contributed by atoms with Crippen molar-refractivity contribution >= 4 is 23.1 Å². The molecule has 0 spiro atoms. The predicted molar refractivity (Wildman–Crippen MR) is 61.5 cm³/mol. The fourth-order valence-corrected chi connectivity index (χ4v) is 3.01. The fourth-order valence-electron chi connectivity index (χ4n) is 1.18. The largest absolute Gasteiger partial charge is 0.312 e. The van der Waals surface area contributed by atoms with Crippen molar-refractivity contribution in [1.82, 2.24) is 10.3 Å². The smallest absolute Gasteiger partial charge is 0.103 e. The summed E-state index contributed by atoms with van der Waals surface area (Å²) in [6.45, 7) is 4.26. The molecule has 0 radical (unpaired) electrons. The van der Waals surface area contributed by atoms with Crippen LogP contribution in [0.5, 0.6) is 0 Å². The summed E-state index contributed by atoms with van der Waals surface area (Å²) in [7, 11) is 1.98. The summed E-state index contributed by atoms with van der Waals surface area (Å²) in [6, 6.07) is 0.424. The molecule has 4 heteroatoms. The first-order chi connectivity index (χ1) is 6.19. The summed E-state index contributed by atoms with van der Waals surface area (Å²) in [4.78, 5) is 5.89. The first-order valence-corrected chi connectivity index (χ1v) is 6.52. The number of nitrogens with one attached hydrogen (secondary N) is 1. The number of aromatic nitrogens is 1. The van der Waals surface area contributed by atoms with E-state index in [1.807, 2.05) is 30.1 Å². The van der Waals surface area contributed by atoms with Crippen molar-refractivity contribution in [2.75, 3.05) is 13.3 Å². The van der Waals surface area contributed by atoms with E-state index in [1.165, 1.54) is 15.6 Å². The minimum absolute atomic E-state index is 0.424. The van der Waals surface area contributed by atoms with Crippen LogP contribution in [-0.4, -0.2) is 18.3 Å². The second-order valence-electron chi connectivity index (χ2n) is 3.00. The van der Waals surface area contributed by atoms with Crippen molar-refractivity contribution in [3.63, 3.8) is 0 Å². The molecule has 1 unspecified atom stereocenters. The Morgan fingerprint density at radius 3 is 2.85 bits per heavy atom. The molecule has 0 saturated heterocycles. The van der Waals surface area contributed by atoms with Crippen LogP contribution in [0.3, 0.4) is 0 Å². The number of nitrogens with zero attached hydrogens (tertiary/aromatic N) is 1. The van der Waals surface area contributed by atoms with Crippen LogP contribution in [0, 0.1) is 6.92 Å². The zero-order chi connectivity index (χ0) is 9.84. The molecule has 0 aliphatic rings. The van der Waals surface area contributed by atoms with Crippen molar-refractivity contribution in [1.29, 1.82) is 0 Å². The maximum atomic E-state index is 4.53. The predicted octanol–water partition coefficient (Wildman–Crippen LogP) is 2.59. The molecule has 0 aliphatic carbocycles. The lowest BCUT2D eigenvalue weighted by Crippen LogP contribution is -2.11. The Morgan fingerprint density at radius 1 is 1.62 bits per heavy atom. The Kier molecular flexibility index (Phi) is 4.22. The zero-order valence-electron chi connectivity index (χ0n) is 8.55. The summed E-state index contributed by atoms with van der Waals surface area (Å²) >= 11 is 3.65. The van der Waals surface area contributed by atoms with E-state index in [9.17, 15) is 0 Å². The molecule has 0 bridgehead atoms. The minimum Gasteiger partial charge on any atom is -0.312 e. The first kappa shape index (κ1) is 11.0. The summed E-state index contributed by atoms with van der Waals surface area (Å²) in [6.07, 6.45) is 2.11. The van der Waals surface area contributed by atoms with E-state index < -0.39 is 0 Å². The Labute approximate surface area is 88.2 Å². The van der Waals surface area contributed by atoms with Crippen molar-refractivity contribution in [3.8, 4) is 0 Å². The first-order valence-electron chi connectivity index (χ1n) is 4.31. The van der Waals surface area contributed by atoms with Crippen LogP contribution in [0.15, 0.2) is 0 Å². The zero-order valence-corrected chi connectivity index (χ0v) is 10.2. The van der Waals surface area contributed by atoms with Crippen LogP contribution >= 0.6 is 23.1 Å². The summed E-state index contributed by atoms with van der Waals surface area (Å²) in [5.74, 6) is 1.03. The van der Waals surface area contributed by atoms with Gasteiger partial charge in [-0.1, -0.05) is 0 Å². The lowest BCUT2D eigenvalue weighted by Gasteiger charge is -2.06. The van der Waals surface area contributed by atoms with Crippen molar-refractivity contribution in [2.45, 2.75) is 25.6 Å². The normalized spacial score (nSPS) is 13.2. The molecule has 0 saturated carbocycles. The van der Waals surface area contributed by atoms with Gasteiger partial charge in [0.25, 0.3) is 0 Å². The Bertz CT molecular complexity index is 271. The van der Waals surface area contributed by atoms with Gasteiger partial charge in [0.2, 0.25) is 0 Å². The van der Waals surface area contributed by atoms with Gasteiger partial charge in [-0.2, -0.15) is 11.8 Å². The number of thiazole rings is 1. The fraction of sp³-hybridized carbons (Fsp3) is 0.667. The Balaban J connectivity index is 2.82. The Morgan fingerprint density at radius 2 is 2.31 bits per heavy atom. The second kappa shape index (κ2) is 4.98. The summed E-state index contributed by atoms with van der Waals surface area (Å²) < 4.78 is 0. The average molecular weight is 216 g/mol. The maximum absolute atomic E-state index is 4.53. The SMILES string of the molecule is CNC(C)c1sc(CSC)nc1C. The van der Waals surface area contributed by atoms with Crippen LogP contribution in [0.2, 0.25) is 0 Å². The lowest BCUT2D eigenvalue weighted by molar-refractivity contribution is 0.658. The average Bonchev–Trinajstić information content (AvgIpc) is 2.46. The van der Waals surface area contributed by atoms with Gasteiger partial charge in [-0.25, -0.2) is 4.98 Å². The molecule has 0 aromatic carbocycles. The molecule has 1 atom stereocenters. The van der Waals surface area contributed by atoms with Gasteiger partial charge in [0, 0.05) is 16.7 Å². The highest BCUT2D eigenvalue weighted by Crippen LogP contribution is 2.26. The van der Waals surface area contributed by atoms with Gasteiger partial charge in [-0.05, 0) is 27.2 Å². The highest BCUT2D eigenvalue weighted by molar-refractivity contribution is 7.97. The van der Waals surface area contributed by atoms with Crippen molar-refractivity contribution < 1.29 is 0 Å². The van der Waals surface area contributed by atoms with Gasteiger partial charge < -0.3 is 5.32 Å². The van der Waals surface area contributed by atoms with Crippen LogP contribution in [0.25, 0.3) is 0 Å². The molecule has 1 heterocycles. The number of rotatable bonds is 4. The lowest BCUT2D eigenvalue weighted by atomic mass is 10.2. The van der Waals surface area contributed by atoms with Crippen LogP contribution < -0.4 is 5.32 Å². The molecular formula is C9H16N2S2. The molecule has 0 amide bonds. The molecule has 1 rings (SSSR count). The summed E-state index contributed by atoms with van der Waals surface area (Å²) in [5, 5.41) is 4.48. The van der Waals surface area contributed by atoms with E-state index in [0.29, 0.717) is 6.04 Å². The number of aryl methyl sites for hydroxylation is 1. The highest BCUT2D eigenvalue weighted by Gasteiger charge is 2.11. The molecule has 0 aliphatic heterocycles. The standard InChI is InChI=1S/C9H16N2S2/c1-6(10-3)9-7(2)11-8(13-9)5-12-4/h6,10H,5H2,1-4H3. The monoisotopic (exact) mass is 216 g/mol. The van der Waals surface area contributed by atoms with Gasteiger partial charge in [-0.3, -0.25) is 0 Å². The van der Waals surface area contributed by atoms with E-state index in [2.05, 4.69) is 30.4 Å². The van der Waals surface area contributed by atoms with Gasteiger partial charge in [0.05, 0.1) is 5.69 Å². The van der Waals surface area contributed by atoms with Crippen LogP contribution in [-0.2, 0) is 5.75 Å². The van der Waals surface area contributed by atoms with E-state index in [0.717, 1.165) is 5.75 Å². The molecule has 74 valence electrons. The van der Waals surface area contributed by atoms with Gasteiger partial charge in [0.15, 0.2) is 0 Å². The highest BCUT2D eigenvalue weighted by atomic mass is 32.2. The van der Waals surface area contributed by atoms with E-state index in [4.69, 9.17) is 0 Å². The molecule has 2 nitrogen and oxygen atoms in total. The van der Waals surface area contributed by atoms with Crippen LogP contribution in [0.1, 0.15) is 28.5 Å². The van der Waals surface area contributed by atoms with Gasteiger partial charge in [0.1, 0.15) is 5.01 Å². The molecule has 1 aromatic heterocycles. The van der Waals surface area contributed by atoms with Crippen molar-refractivity contribution in [3.05, 3.63) is 15.6 Å². The second-order valence-corrected chi connectivity index (χ2v) is 4.98. The third kappa shape index (κ3) is 2.69. The van der Waals surface area contributed by atoms with E-state index in [1.54, 1.807) is 0 Å². The summed E-state index contributed by atoms with van der Waals surface area (Å²) in [5.41, 5.74) is 1.18. The topological polar surface area (TPSA) is 24.9 Å². The maximum Gasteiger partial charge on any atom is 0.103 e. The minimum atomic E-state index is 0.424. The van der Waals surface area contributed by atoms with Gasteiger partial charge >= 0.3 is 0 Å². The van der Waals surface area contributed by atoms with E-state index >= 15 is 0 Å². The molecular weight excluding hydrogens is 200 g/mol. The Hall–Kier alpha value is -0.0600.